The van der Waals surface area contributed by atoms with Crippen molar-refractivity contribution in [1.82, 2.24) is 5.32 Å². The van der Waals surface area contributed by atoms with Gasteiger partial charge in [-0.05, 0) is 31.2 Å². The topological polar surface area (TPSA) is 84.9 Å². The normalized spacial score (nSPS) is 28.2. The molecule has 3 aliphatic heterocycles. The Morgan fingerprint density at radius 2 is 1.84 bits per heavy atom. The van der Waals surface area contributed by atoms with E-state index in [2.05, 4.69) is 5.32 Å². The van der Waals surface area contributed by atoms with Crippen molar-refractivity contribution in [2.24, 2.45) is 11.8 Å². The minimum Gasteiger partial charge on any atom is -0.484 e. The molecule has 7 heteroatoms. The molecule has 0 saturated carbocycles. The van der Waals surface area contributed by atoms with E-state index in [9.17, 15) is 14.4 Å². The van der Waals surface area contributed by atoms with Crippen molar-refractivity contribution >= 4 is 23.4 Å². The summed E-state index contributed by atoms with van der Waals surface area (Å²) in [4.78, 5) is 40.0. The number of hydrogen-bond acceptors (Lipinski definition) is 5. The van der Waals surface area contributed by atoms with E-state index < -0.39 is 23.5 Å². The van der Waals surface area contributed by atoms with Gasteiger partial charge in [0.05, 0.1) is 30.2 Å². The molecule has 2 saturated heterocycles. The second kappa shape index (κ2) is 7.35. The minimum atomic E-state index is -1.02. The number of ether oxygens (including phenoxy) is 2. The van der Waals surface area contributed by atoms with Gasteiger partial charge in [-0.15, -0.1) is 0 Å². The van der Waals surface area contributed by atoms with Crippen LogP contribution in [-0.2, 0) is 19.1 Å². The molecule has 2 aromatic rings. The molecule has 5 rings (SSSR count). The summed E-state index contributed by atoms with van der Waals surface area (Å²) >= 11 is 0. The van der Waals surface area contributed by atoms with Gasteiger partial charge in [0, 0.05) is 0 Å². The van der Waals surface area contributed by atoms with Crippen molar-refractivity contribution in [3.63, 3.8) is 0 Å². The third-order valence-electron chi connectivity index (χ3n) is 6.12. The van der Waals surface area contributed by atoms with Gasteiger partial charge in [-0.1, -0.05) is 48.0 Å². The highest BCUT2D eigenvalue weighted by atomic mass is 16.5. The van der Waals surface area contributed by atoms with E-state index in [1.807, 2.05) is 43.3 Å². The molecule has 1 N–H and O–H groups in total. The number of carbonyl (C=O) groups excluding carboxylic acids is 3. The molecule has 3 amide bonds. The lowest BCUT2D eigenvalue weighted by Gasteiger charge is -2.29. The van der Waals surface area contributed by atoms with Crippen LogP contribution in [0.3, 0.4) is 0 Å². The zero-order chi connectivity index (χ0) is 21.6. The zero-order valence-corrected chi connectivity index (χ0v) is 17.0. The number of nitrogens with one attached hydrogen (secondary N) is 1. The first-order valence-corrected chi connectivity index (χ1v) is 10.2. The number of aryl methyl sites for hydroxylation is 1. The van der Waals surface area contributed by atoms with E-state index in [-0.39, 0.29) is 30.9 Å². The Kier molecular flexibility index (Phi) is 4.63. The van der Waals surface area contributed by atoms with Crippen molar-refractivity contribution in [3.8, 4) is 5.75 Å². The number of nitrogens with zero attached hydrogens (tertiary/aromatic N) is 1. The fourth-order valence-electron chi connectivity index (χ4n) is 4.61. The molecule has 0 aliphatic carbocycles. The molecule has 2 bridgehead atoms. The Bertz CT molecular complexity index is 1070. The lowest BCUT2D eigenvalue weighted by atomic mass is 9.77. The van der Waals surface area contributed by atoms with Gasteiger partial charge in [0.1, 0.15) is 11.4 Å². The molecule has 4 atom stereocenters. The van der Waals surface area contributed by atoms with Crippen LogP contribution < -0.4 is 15.0 Å². The van der Waals surface area contributed by atoms with E-state index in [4.69, 9.17) is 9.47 Å². The van der Waals surface area contributed by atoms with Crippen LogP contribution in [0.25, 0.3) is 0 Å². The van der Waals surface area contributed by atoms with Crippen LogP contribution in [0.2, 0.25) is 0 Å². The number of para-hydroxylation sites is 1. The summed E-state index contributed by atoms with van der Waals surface area (Å²) in [6, 6.07) is 16.3. The highest BCUT2D eigenvalue weighted by Crippen LogP contribution is 2.52. The van der Waals surface area contributed by atoms with Gasteiger partial charge in [0.25, 0.3) is 5.91 Å². The minimum absolute atomic E-state index is 0.0961. The Balaban J connectivity index is 1.29. The van der Waals surface area contributed by atoms with E-state index in [0.29, 0.717) is 11.4 Å². The number of anilines is 1. The zero-order valence-electron chi connectivity index (χ0n) is 17.0. The highest BCUT2D eigenvalue weighted by Gasteiger charge is 2.67. The molecule has 0 spiro atoms. The Labute approximate surface area is 179 Å². The second-order valence-corrected chi connectivity index (χ2v) is 8.13. The van der Waals surface area contributed by atoms with E-state index in [0.717, 1.165) is 5.56 Å². The summed E-state index contributed by atoms with van der Waals surface area (Å²) < 4.78 is 11.5. The Hall–Kier alpha value is -3.45. The van der Waals surface area contributed by atoms with Gasteiger partial charge >= 0.3 is 0 Å². The van der Waals surface area contributed by atoms with Crippen LogP contribution in [0.15, 0.2) is 66.7 Å². The average molecular weight is 418 g/mol. The summed E-state index contributed by atoms with van der Waals surface area (Å²) in [5.74, 6) is -1.51. The molecule has 7 nitrogen and oxygen atoms in total. The van der Waals surface area contributed by atoms with Gasteiger partial charge in [-0.3, -0.25) is 14.4 Å². The maximum absolute atomic E-state index is 13.3. The van der Waals surface area contributed by atoms with E-state index in [1.165, 1.54) is 4.90 Å². The van der Waals surface area contributed by atoms with Crippen molar-refractivity contribution in [3.05, 3.63) is 72.3 Å². The molecule has 0 aromatic heterocycles. The van der Waals surface area contributed by atoms with E-state index in [1.54, 1.807) is 30.3 Å². The molecule has 2 aromatic carbocycles. The predicted octanol–water partition coefficient (Wildman–Crippen LogP) is 2.00. The third-order valence-corrected chi connectivity index (χ3v) is 6.12. The molecule has 0 radical (unpaired) electrons. The molecule has 2 fully saturated rings. The summed E-state index contributed by atoms with van der Waals surface area (Å²) in [5.41, 5.74) is 0.582. The number of hydrogen-bond donors (Lipinski definition) is 1. The van der Waals surface area contributed by atoms with Gasteiger partial charge < -0.3 is 14.8 Å². The fraction of sp³-hybridized carbons (Fsp3) is 0.292. The van der Waals surface area contributed by atoms with Crippen LogP contribution >= 0.6 is 0 Å². The molecular formula is C24H22N2O5. The number of fused-ring (bicyclic) bond motifs is 5. The maximum atomic E-state index is 13.3. The second-order valence-electron chi connectivity index (χ2n) is 8.13. The average Bonchev–Trinajstić information content (AvgIpc) is 3.43. The first kappa shape index (κ1) is 19.5. The summed E-state index contributed by atoms with van der Waals surface area (Å²) in [6.45, 7) is 1.89. The van der Waals surface area contributed by atoms with Crippen molar-refractivity contribution < 1.29 is 23.9 Å². The molecule has 4 unspecified atom stereocenters. The van der Waals surface area contributed by atoms with Gasteiger partial charge in [-0.25, -0.2) is 4.90 Å². The Morgan fingerprint density at radius 1 is 1.10 bits per heavy atom. The van der Waals surface area contributed by atoms with Crippen LogP contribution in [0.5, 0.6) is 5.75 Å². The Morgan fingerprint density at radius 3 is 2.58 bits per heavy atom. The highest BCUT2D eigenvalue weighted by molar-refractivity contribution is 6.23. The molecular weight excluding hydrogens is 396 g/mol. The number of carbonyl (C=O) groups is 3. The number of imide groups is 1. The molecule has 158 valence electrons. The monoisotopic (exact) mass is 418 g/mol. The van der Waals surface area contributed by atoms with Crippen LogP contribution in [-0.4, -0.2) is 42.6 Å². The lowest BCUT2D eigenvalue weighted by molar-refractivity contribution is -0.129. The summed E-state index contributed by atoms with van der Waals surface area (Å²) in [6.07, 6.45) is 3.16. The first-order chi connectivity index (χ1) is 15.0. The quantitative estimate of drug-likeness (QED) is 0.573. The summed E-state index contributed by atoms with van der Waals surface area (Å²) in [7, 11) is 0. The van der Waals surface area contributed by atoms with Crippen LogP contribution in [0.4, 0.5) is 5.69 Å². The number of amides is 3. The van der Waals surface area contributed by atoms with Crippen molar-refractivity contribution in [2.75, 3.05) is 18.1 Å². The summed E-state index contributed by atoms with van der Waals surface area (Å²) in [5, 5.41) is 2.80. The van der Waals surface area contributed by atoms with Gasteiger partial charge in [0.2, 0.25) is 11.8 Å². The lowest BCUT2D eigenvalue weighted by Crippen LogP contribution is -2.49. The van der Waals surface area contributed by atoms with Crippen LogP contribution in [0, 0.1) is 18.8 Å². The molecule has 3 aliphatic rings. The van der Waals surface area contributed by atoms with E-state index >= 15 is 0 Å². The van der Waals surface area contributed by atoms with Crippen molar-refractivity contribution in [2.45, 2.75) is 18.6 Å². The third kappa shape index (κ3) is 3.21. The first-order valence-electron chi connectivity index (χ1n) is 10.2. The largest absolute Gasteiger partial charge is 0.484 e. The maximum Gasteiger partial charge on any atom is 0.258 e. The smallest absolute Gasteiger partial charge is 0.258 e. The van der Waals surface area contributed by atoms with Gasteiger partial charge in [-0.2, -0.15) is 0 Å². The molecule has 31 heavy (non-hydrogen) atoms. The van der Waals surface area contributed by atoms with Crippen molar-refractivity contribution in [1.29, 1.82) is 0 Å². The fourth-order valence-corrected chi connectivity index (χ4v) is 4.61. The van der Waals surface area contributed by atoms with Crippen LogP contribution in [0.1, 0.15) is 5.56 Å². The number of rotatable bonds is 6. The molecule has 3 heterocycles. The van der Waals surface area contributed by atoms with Gasteiger partial charge in [0.15, 0.2) is 6.61 Å². The number of benzene rings is 2. The predicted molar refractivity (Wildman–Crippen MR) is 112 cm³/mol. The SMILES string of the molecule is Cc1ccc(N2C(=O)C3C4C=CC(CNC(=O)COc5ccccc5)(O4)C3C2=O)cc1. The standard InChI is InChI=1S/C24H22N2O5/c1-15-7-9-16(10-8-15)26-22(28)20-18-11-12-24(31-18,21(20)23(26)29)14-25-19(27)13-30-17-5-3-2-4-6-17/h2-12,18,20-21H,13-14H2,1H3,(H,25,27).